The Balaban J connectivity index is 1.22. The molecule has 1 saturated heterocycles. The lowest BCUT2D eigenvalue weighted by molar-refractivity contribution is 0.0204. The van der Waals surface area contributed by atoms with Crippen LogP contribution in [0, 0.1) is 12.7 Å². The van der Waals surface area contributed by atoms with Crippen LogP contribution in [-0.2, 0) is 4.74 Å². The maximum Gasteiger partial charge on any atom is 0.410 e. The minimum absolute atomic E-state index is 0.0439. The summed E-state index contributed by atoms with van der Waals surface area (Å²) in [4.78, 5) is 31.4. The number of pyridine rings is 1. The van der Waals surface area contributed by atoms with Gasteiger partial charge in [-0.05, 0) is 94.2 Å². The third-order valence-corrected chi connectivity index (χ3v) is 7.73. The van der Waals surface area contributed by atoms with Crippen LogP contribution in [0.2, 0.25) is 0 Å². The van der Waals surface area contributed by atoms with Gasteiger partial charge in [-0.3, -0.25) is 9.20 Å². The first-order valence-electron chi connectivity index (χ1n) is 14.2. The van der Waals surface area contributed by atoms with Crippen LogP contribution in [0.15, 0.2) is 49.1 Å². The summed E-state index contributed by atoms with van der Waals surface area (Å²) in [6.45, 7) is 8.76. The van der Waals surface area contributed by atoms with E-state index in [1.54, 1.807) is 28.0 Å². The number of carbonyl (C=O) groups excluding carboxylic acids is 2. The van der Waals surface area contributed by atoms with Crippen LogP contribution >= 0.6 is 0 Å². The van der Waals surface area contributed by atoms with Crippen molar-refractivity contribution in [3.63, 3.8) is 0 Å². The van der Waals surface area contributed by atoms with Crippen molar-refractivity contribution in [1.82, 2.24) is 29.4 Å². The summed E-state index contributed by atoms with van der Waals surface area (Å²) in [6, 6.07) is 7.26. The van der Waals surface area contributed by atoms with Gasteiger partial charge in [-0.15, -0.1) is 0 Å². The molecule has 1 saturated carbocycles. The molecule has 214 valence electrons. The van der Waals surface area contributed by atoms with Gasteiger partial charge in [-0.2, -0.15) is 5.10 Å². The number of hydrogen-bond acceptors (Lipinski definition) is 5. The van der Waals surface area contributed by atoms with Crippen molar-refractivity contribution in [2.45, 2.75) is 70.9 Å². The first kappa shape index (κ1) is 27.0. The molecule has 0 radical (unpaired) electrons. The van der Waals surface area contributed by atoms with E-state index >= 15 is 0 Å². The Morgan fingerprint density at radius 3 is 2.51 bits per heavy atom. The molecule has 0 bridgehead atoms. The number of likely N-dealkylation sites (tertiary alicyclic amines) is 1. The summed E-state index contributed by atoms with van der Waals surface area (Å²) in [5, 5.41) is 7.45. The number of aromatic nitrogens is 4. The SMILES string of the molecule is Cc1cc(F)c(C(=O)NC2CC2)cc1-c1cnn(-c2cnc3ccc(C4CCN(C(=O)OC(C)(C)C)CC4)cn23)c1. The molecule has 6 rings (SSSR count). The Kier molecular flexibility index (Phi) is 6.79. The third kappa shape index (κ3) is 5.68. The van der Waals surface area contributed by atoms with Gasteiger partial charge in [0.2, 0.25) is 0 Å². The Morgan fingerprint density at radius 1 is 1.05 bits per heavy atom. The number of nitrogens with zero attached hydrogens (tertiary/aromatic N) is 5. The van der Waals surface area contributed by atoms with Crippen molar-refractivity contribution in [1.29, 1.82) is 0 Å². The van der Waals surface area contributed by atoms with Gasteiger partial charge in [-0.1, -0.05) is 6.07 Å². The number of hydrogen-bond donors (Lipinski definition) is 1. The topological polar surface area (TPSA) is 93.8 Å². The quantitative estimate of drug-likeness (QED) is 0.342. The zero-order valence-corrected chi connectivity index (χ0v) is 23.9. The molecule has 1 aromatic carbocycles. The van der Waals surface area contributed by atoms with Gasteiger partial charge in [0.15, 0.2) is 5.82 Å². The number of nitrogens with one attached hydrogen (secondary N) is 1. The van der Waals surface area contributed by atoms with E-state index in [1.165, 1.54) is 11.6 Å². The molecule has 1 N–H and O–H groups in total. The summed E-state index contributed by atoms with van der Waals surface area (Å²) in [6.07, 6.45) is 10.8. The standard InChI is InChI=1S/C31H35FN6O3/c1-19-13-26(32)25(29(39)35-23-6-7-23)14-24(19)22-15-34-38(18-22)28-16-33-27-8-5-21(17-37(27)28)20-9-11-36(12-10-20)30(40)41-31(2,3)4/h5,8,13-18,20,23H,6-7,9-12H2,1-4H3,(H,35,39). The lowest BCUT2D eigenvalue weighted by Crippen LogP contribution is -2.41. The Morgan fingerprint density at radius 2 is 1.80 bits per heavy atom. The van der Waals surface area contributed by atoms with Crippen molar-refractivity contribution in [2.75, 3.05) is 13.1 Å². The normalized spacial score (nSPS) is 16.3. The van der Waals surface area contributed by atoms with Crippen LogP contribution in [0.4, 0.5) is 9.18 Å². The number of halogens is 1. The average Bonchev–Trinajstić information content (AvgIpc) is 3.43. The van der Waals surface area contributed by atoms with Crippen molar-refractivity contribution in [2.24, 2.45) is 0 Å². The Labute approximate surface area is 238 Å². The van der Waals surface area contributed by atoms with Crippen LogP contribution in [0.5, 0.6) is 0 Å². The molecule has 0 atom stereocenters. The number of ether oxygens (including phenoxy) is 1. The fourth-order valence-corrected chi connectivity index (χ4v) is 5.35. The highest BCUT2D eigenvalue weighted by atomic mass is 19.1. The van der Waals surface area contributed by atoms with Crippen LogP contribution in [0.1, 0.15) is 73.9 Å². The second-order valence-electron chi connectivity index (χ2n) is 12.1. The minimum Gasteiger partial charge on any atom is -0.444 e. The molecule has 10 heteroatoms. The zero-order valence-electron chi connectivity index (χ0n) is 23.9. The van der Waals surface area contributed by atoms with Crippen LogP contribution in [0.3, 0.4) is 0 Å². The predicted molar refractivity (Wildman–Crippen MR) is 153 cm³/mol. The van der Waals surface area contributed by atoms with Gasteiger partial charge in [0.25, 0.3) is 5.91 Å². The fraction of sp³-hybridized carbons (Fsp3) is 0.419. The van der Waals surface area contributed by atoms with Crippen molar-refractivity contribution in [3.05, 3.63) is 71.6 Å². The molecule has 0 unspecified atom stereocenters. The lowest BCUT2D eigenvalue weighted by atomic mass is 9.90. The van der Waals surface area contributed by atoms with E-state index in [4.69, 9.17) is 4.74 Å². The molecule has 4 aromatic rings. The number of aryl methyl sites for hydroxylation is 1. The molecule has 2 aliphatic rings. The fourth-order valence-electron chi connectivity index (χ4n) is 5.35. The molecule has 1 aliphatic carbocycles. The number of imidazole rings is 1. The molecule has 0 spiro atoms. The maximum atomic E-state index is 14.7. The van der Waals surface area contributed by atoms with Crippen LogP contribution in [-0.4, -0.2) is 60.8 Å². The van der Waals surface area contributed by atoms with E-state index in [9.17, 15) is 14.0 Å². The number of carbonyl (C=O) groups is 2. The molecule has 1 aliphatic heterocycles. The van der Waals surface area contributed by atoms with E-state index in [0.717, 1.165) is 53.8 Å². The summed E-state index contributed by atoms with van der Waals surface area (Å²) in [7, 11) is 0. The van der Waals surface area contributed by atoms with Crippen molar-refractivity contribution < 1.29 is 18.7 Å². The van der Waals surface area contributed by atoms with E-state index in [1.807, 2.05) is 44.4 Å². The number of amides is 2. The Bertz CT molecular complexity index is 1620. The highest BCUT2D eigenvalue weighted by Crippen LogP contribution is 2.31. The average molecular weight is 559 g/mol. The monoisotopic (exact) mass is 558 g/mol. The van der Waals surface area contributed by atoms with E-state index < -0.39 is 11.4 Å². The molecule has 3 aromatic heterocycles. The van der Waals surface area contributed by atoms with E-state index in [0.29, 0.717) is 19.0 Å². The number of benzene rings is 1. The van der Waals surface area contributed by atoms with Crippen LogP contribution in [0.25, 0.3) is 22.6 Å². The first-order chi connectivity index (χ1) is 19.6. The molecular weight excluding hydrogens is 523 g/mol. The largest absolute Gasteiger partial charge is 0.444 e. The van der Waals surface area contributed by atoms with Gasteiger partial charge in [0.1, 0.15) is 17.1 Å². The number of piperidine rings is 1. The van der Waals surface area contributed by atoms with Gasteiger partial charge in [0.05, 0.1) is 18.0 Å². The molecule has 41 heavy (non-hydrogen) atoms. The molecule has 2 amide bonds. The molecule has 2 fully saturated rings. The molecule has 4 heterocycles. The van der Waals surface area contributed by atoms with Crippen molar-refractivity contribution >= 4 is 17.6 Å². The van der Waals surface area contributed by atoms with E-state index in [-0.39, 0.29) is 23.6 Å². The number of rotatable bonds is 5. The summed E-state index contributed by atoms with van der Waals surface area (Å²) >= 11 is 0. The summed E-state index contributed by atoms with van der Waals surface area (Å²) < 4.78 is 24.0. The summed E-state index contributed by atoms with van der Waals surface area (Å²) in [5.41, 5.74) is 3.77. The maximum absolute atomic E-state index is 14.7. The predicted octanol–water partition coefficient (Wildman–Crippen LogP) is 5.64. The van der Waals surface area contributed by atoms with Crippen LogP contribution < -0.4 is 5.32 Å². The van der Waals surface area contributed by atoms with Gasteiger partial charge in [0, 0.05) is 37.1 Å². The number of fused-ring (bicyclic) bond motifs is 1. The van der Waals surface area contributed by atoms with Crippen molar-refractivity contribution in [3.8, 4) is 16.9 Å². The second kappa shape index (κ2) is 10.3. The third-order valence-electron chi connectivity index (χ3n) is 7.73. The summed E-state index contributed by atoms with van der Waals surface area (Å²) in [5.74, 6) is 0.169. The first-order valence-corrected chi connectivity index (χ1v) is 14.2. The van der Waals surface area contributed by atoms with E-state index in [2.05, 4.69) is 27.7 Å². The second-order valence-corrected chi connectivity index (χ2v) is 12.1. The lowest BCUT2D eigenvalue weighted by Gasteiger charge is -2.33. The molecule has 9 nitrogen and oxygen atoms in total. The highest BCUT2D eigenvalue weighted by molar-refractivity contribution is 5.96. The minimum atomic E-state index is -0.525. The van der Waals surface area contributed by atoms with Gasteiger partial charge < -0.3 is 15.0 Å². The zero-order chi connectivity index (χ0) is 28.9. The smallest absolute Gasteiger partial charge is 0.410 e. The van der Waals surface area contributed by atoms with Gasteiger partial charge in [-0.25, -0.2) is 18.9 Å². The Hall–Kier alpha value is -4.21. The highest BCUT2D eigenvalue weighted by Gasteiger charge is 2.28. The van der Waals surface area contributed by atoms with Gasteiger partial charge >= 0.3 is 6.09 Å². The molecular formula is C31H35FN6O3.